The molecule has 0 saturated heterocycles. The molecule has 2 nitrogen and oxygen atoms in total. The number of hydrogen-bond acceptors (Lipinski definition) is 2. The minimum atomic E-state index is -4.66. The third-order valence-corrected chi connectivity index (χ3v) is 4.74. The fourth-order valence-corrected chi connectivity index (χ4v) is 3.51. The number of nitrogens with zero attached hydrogens (tertiary/aromatic N) is 1. The first-order valence-corrected chi connectivity index (χ1v) is 7.78. The summed E-state index contributed by atoms with van der Waals surface area (Å²) in [7, 11) is 0. The number of rotatable bonds is 3. The minimum Gasteiger partial charge on any atom is -0.211 e. The number of allylic oxidation sites excluding steroid dienone is 8. The quantitative estimate of drug-likeness (QED) is 0.531. The van der Waals surface area contributed by atoms with Crippen molar-refractivity contribution < 1.29 is 18.0 Å². The van der Waals surface area contributed by atoms with Crippen LogP contribution in [-0.2, 0) is 21.8 Å². The molecule has 0 aliphatic heterocycles. The molecule has 0 aromatic heterocycles. The molecule has 0 saturated carbocycles. The topological polar surface area (TPSA) is 29.4 Å². The lowest BCUT2D eigenvalue weighted by Gasteiger charge is -2.33. The number of alkyl halides is 3. The molecule has 5 heteroatoms. The summed E-state index contributed by atoms with van der Waals surface area (Å²) in [5.74, 6) is 0. The second-order valence-electron chi connectivity index (χ2n) is 6.58. The summed E-state index contributed by atoms with van der Waals surface area (Å²) in [5, 5.41) is 0. The standard InChI is InChI=1S/C20H16F3NO/c1-18(9-3-4-10-18)14-7-8-15(24-13-25)17(20(21,22)23)16(14)19(2)11-5-6-12-19/h3-12H,1-2H3. The Kier molecular flexibility index (Phi) is 3.92. The number of halogens is 3. The van der Waals surface area contributed by atoms with Gasteiger partial charge in [-0.05, 0) is 31.0 Å². The molecule has 2 aliphatic rings. The lowest BCUT2D eigenvalue weighted by Crippen LogP contribution is -2.28. The first-order valence-electron chi connectivity index (χ1n) is 7.78. The highest BCUT2D eigenvalue weighted by Crippen LogP contribution is 2.49. The zero-order valence-electron chi connectivity index (χ0n) is 13.8. The average molecular weight is 343 g/mol. The van der Waals surface area contributed by atoms with Crippen LogP contribution < -0.4 is 0 Å². The Balaban J connectivity index is 2.44. The molecule has 0 spiro atoms. The molecule has 0 amide bonds. The van der Waals surface area contributed by atoms with Gasteiger partial charge in [-0.15, -0.1) is 0 Å². The maximum absolute atomic E-state index is 14.0. The highest BCUT2D eigenvalue weighted by Gasteiger charge is 2.44. The van der Waals surface area contributed by atoms with E-state index in [0.717, 1.165) is 0 Å². The second-order valence-corrected chi connectivity index (χ2v) is 6.58. The number of benzene rings is 1. The van der Waals surface area contributed by atoms with Crippen LogP contribution >= 0.6 is 0 Å². The van der Waals surface area contributed by atoms with Gasteiger partial charge in [0.25, 0.3) is 0 Å². The van der Waals surface area contributed by atoms with Crippen LogP contribution in [0.3, 0.4) is 0 Å². The lowest BCUT2D eigenvalue weighted by atomic mass is 9.70. The predicted octanol–water partition coefficient (Wildman–Crippen LogP) is 5.44. The molecule has 0 N–H and O–H groups in total. The van der Waals surface area contributed by atoms with Gasteiger partial charge in [0.1, 0.15) is 0 Å². The fourth-order valence-electron chi connectivity index (χ4n) is 3.51. The monoisotopic (exact) mass is 343 g/mol. The Labute approximate surface area is 143 Å². The predicted molar refractivity (Wildman–Crippen MR) is 90.5 cm³/mol. The highest BCUT2D eigenvalue weighted by atomic mass is 19.4. The molecule has 128 valence electrons. The molecule has 0 heterocycles. The molecule has 0 fully saturated rings. The maximum Gasteiger partial charge on any atom is 0.418 e. The SMILES string of the molecule is CC1(c2ccc(N=C=O)c(C(F)(F)F)c2C2(C)C=CC=C2)C=CC=C1. The van der Waals surface area contributed by atoms with Gasteiger partial charge in [-0.2, -0.15) is 18.2 Å². The molecule has 3 rings (SSSR count). The first-order chi connectivity index (χ1) is 11.7. The van der Waals surface area contributed by atoms with Crippen LogP contribution in [-0.4, -0.2) is 6.08 Å². The van der Waals surface area contributed by atoms with Gasteiger partial charge in [-0.1, -0.05) is 54.7 Å². The van der Waals surface area contributed by atoms with Crippen molar-refractivity contribution in [3.8, 4) is 0 Å². The van der Waals surface area contributed by atoms with E-state index in [4.69, 9.17) is 0 Å². The number of hydrogen-bond donors (Lipinski definition) is 0. The van der Waals surface area contributed by atoms with E-state index in [1.807, 2.05) is 31.2 Å². The van der Waals surface area contributed by atoms with Crippen molar-refractivity contribution in [2.75, 3.05) is 0 Å². The summed E-state index contributed by atoms with van der Waals surface area (Å²) >= 11 is 0. The van der Waals surface area contributed by atoms with Crippen LogP contribution in [0, 0.1) is 0 Å². The average Bonchev–Trinajstić information content (AvgIpc) is 3.16. The summed E-state index contributed by atoms with van der Waals surface area (Å²) in [6.45, 7) is 3.58. The Morgan fingerprint density at radius 2 is 1.44 bits per heavy atom. The van der Waals surface area contributed by atoms with E-state index in [2.05, 4.69) is 4.99 Å². The van der Waals surface area contributed by atoms with Crippen molar-refractivity contribution >= 4 is 11.8 Å². The molecule has 2 aliphatic carbocycles. The first kappa shape index (κ1) is 17.2. The molecule has 25 heavy (non-hydrogen) atoms. The Morgan fingerprint density at radius 1 is 0.920 bits per heavy atom. The molecule has 1 aromatic carbocycles. The van der Waals surface area contributed by atoms with E-state index in [9.17, 15) is 18.0 Å². The van der Waals surface area contributed by atoms with Gasteiger partial charge in [0.15, 0.2) is 0 Å². The number of aliphatic imine (C=N–C) groups is 1. The molecule has 0 unspecified atom stereocenters. The lowest BCUT2D eigenvalue weighted by molar-refractivity contribution is -0.138. The third-order valence-electron chi connectivity index (χ3n) is 4.74. The van der Waals surface area contributed by atoms with Gasteiger partial charge in [0.2, 0.25) is 6.08 Å². The smallest absolute Gasteiger partial charge is 0.211 e. The van der Waals surface area contributed by atoms with Crippen LogP contribution in [0.25, 0.3) is 0 Å². The number of isocyanates is 1. The fraction of sp³-hybridized carbons (Fsp3) is 0.250. The summed E-state index contributed by atoms with van der Waals surface area (Å²) in [5.41, 5.74) is -2.25. The summed E-state index contributed by atoms with van der Waals surface area (Å²) in [6.07, 6.45) is 10.8. The van der Waals surface area contributed by atoms with Crippen molar-refractivity contribution in [1.29, 1.82) is 0 Å². The summed E-state index contributed by atoms with van der Waals surface area (Å²) in [6, 6.07) is 2.86. The van der Waals surface area contributed by atoms with Crippen molar-refractivity contribution in [2.45, 2.75) is 30.9 Å². The molecular formula is C20H16F3NO. The molecular weight excluding hydrogens is 327 g/mol. The van der Waals surface area contributed by atoms with Crippen molar-refractivity contribution in [2.24, 2.45) is 4.99 Å². The normalized spacial score (nSPS) is 19.4. The van der Waals surface area contributed by atoms with Crippen molar-refractivity contribution in [3.63, 3.8) is 0 Å². The van der Waals surface area contributed by atoms with Crippen LogP contribution in [0.2, 0.25) is 0 Å². The van der Waals surface area contributed by atoms with Crippen LogP contribution in [0.1, 0.15) is 30.5 Å². The van der Waals surface area contributed by atoms with E-state index >= 15 is 0 Å². The van der Waals surface area contributed by atoms with Gasteiger partial charge in [-0.3, -0.25) is 0 Å². The van der Waals surface area contributed by atoms with E-state index in [-0.39, 0.29) is 5.56 Å². The Bertz CT molecular complexity index is 857. The molecule has 0 bridgehead atoms. The van der Waals surface area contributed by atoms with E-state index < -0.39 is 28.3 Å². The van der Waals surface area contributed by atoms with Crippen LogP contribution in [0.15, 0.2) is 65.7 Å². The van der Waals surface area contributed by atoms with Crippen molar-refractivity contribution in [1.82, 2.24) is 0 Å². The van der Waals surface area contributed by atoms with E-state index in [1.54, 1.807) is 37.3 Å². The largest absolute Gasteiger partial charge is 0.418 e. The number of carbonyl (C=O) groups excluding carboxylic acids is 1. The van der Waals surface area contributed by atoms with Crippen LogP contribution in [0.4, 0.5) is 18.9 Å². The molecule has 0 atom stereocenters. The van der Waals surface area contributed by atoms with Gasteiger partial charge < -0.3 is 0 Å². The van der Waals surface area contributed by atoms with Gasteiger partial charge in [-0.25, -0.2) is 4.79 Å². The molecule has 1 aromatic rings. The third kappa shape index (κ3) is 2.81. The Morgan fingerprint density at radius 3 is 1.92 bits per heavy atom. The summed E-state index contributed by atoms with van der Waals surface area (Å²) < 4.78 is 41.9. The minimum absolute atomic E-state index is 0.111. The van der Waals surface area contributed by atoms with E-state index in [0.29, 0.717) is 5.56 Å². The van der Waals surface area contributed by atoms with E-state index in [1.165, 1.54) is 12.1 Å². The highest BCUT2D eigenvalue weighted by molar-refractivity contribution is 5.66. The zero-order valence-corrected chi connectivity index (χ0v) is 13.8. The summed E-state index contributed by atoms with van der Waals surface area (Å²) in [4.78, 5) is 14.0. The van der Waals surface area contributed by atoms with Crippen molar-refractivity contribution in [3.05, 3.63) is 77.4 Å². The maximum atomic E-state index is 14.0. The Hall–Kier alpha value is -2.65. The van der Waals surface area contributed by atoms with Gasteiger partial charge in [0, 0.05) is 10.8 Å². The molecule has 0 radical (unpaired) electrons. The van der Waals surface area contributed by atoms with Gasteiger partial charge >= 0.3 is 6.18 Å². The van der Waals surface area contributed by atoms with Crippen LogP contribution in [0.5, 0.6) is 0 Å². The second kappa shape index (κ2) is 5.71. The zero-order chi connectivity index (χ0) is 18.3. The van der Waals surface area contributed by atoms with Gasteiger partial charge in [0.05, 0.1) is 11.3 Å².